The molecule has 0 aromatic carbocycles. The first kappa shape index (κ1) is 17.3. The van der Waals surface area contributed by atoms with Gasteiger partial charge in [-0.3, -0.25) is 4.90 Å². The SMILES string of the molecule is CCCN1CCCC(CN)(N(C)C(C)CSC)CC1. The van der Waals surface area contributed by atoms with E-state index in [2.05, 4.69) is 37.0 Å². The largest absolute Gasteiger partial charge is 0.329 e. The van der Waals surface area contributed by atoms with Crippen LogP contribution < -0.4 is 5.73 Å². The highest BCUT2D eigenvalue weighted by atomic mass is 32.2. The van der Waals surface area contributed by atoms with E-state index < -0.39 is 0 Å². The van der Waals surface area contributed by atoms with Crippen LogP contribution in [0.5, 0.6) is 0 Å². The summed E-state index contributed by atoms with van der Waals surface area (Å²) in [5.41, 5.74) is 6.41. The molecule has 2 N–H and O–H groups in total. The molecule has 2 unspecified atom stereocenters. The van der Waals surface area contributed by atoms with Crippen LogP contribution in [0.2, 0.25) is 0 Å². The van der Waals surface area contributed by atoms with Crippen LogP contribution in [0, 0.1) is 0 Å². The average molecular weight is 288 g/mol. The highest BCUT2D eigenvalue weighted by Crippen LogP contribution is 2.29. The summed E-state index contributed by atoms with van der Waals surface area (Å²) in [5, 5.41) is 0. The maximum Gasteiger partial charge on any atom is 0.0344 e. The molecular weight excluding hydrogens is 254 g/mol. The molecular formula is C15H33N3S. The van der Waals surface area contributed by atoms with Gasteiger partial charge in [0.15, 0.2) is 0 Å². The van der Waals surface area contributed by atoms with Crippen molar-refractivity contribution in [1.29, 1.82) is 0 Å². The van der Waals surface area contributed by atoms with Gasteiger partial charge in [0.1, 0.15) is 0 Å². The zero-order chi connectivity index (χ0) is 14.3. The van der Waals surface area contributed by atoms with Gasteiger partial charge in [0.25, 0.3) is 0 Å². The van der Waals surface area contributed by atoms with Crippen LogP contribution in [0.4, 0.5) is 0 Å². The standard InChI is InChI=1S/C15H33N3S/c1-5-9-18-10-6-7-15(13-16,8-11-18)17(3)14(2)12-19-4/h14H,5-13,16H2,1-4H3. The number of thioether (sulfide) groups is 1. The third-order valence-corrected chi connectivity index (χ3v) is 5.56. The molecule has 1 aliphatic rings. The Morgan fingerprint density at radius 3 is 2.68 bits per heavy atom. The van der Waals surface area contributed by atoms with Crippen LogP contribution in [0.3, 0.4) is 0 Å². The molecule has 1 fully saturated rings. The van der Waals surface area contributed by atoms with Gasteiger partial charge in [-0.05, 0) is 65.5 Å². The number of hydrogen-bond donors (Lipinski definition) is 1. The zero-order valence-electron chi connectivity index (χ0n) is 13.3. The lowest BCUT2D eigenvalue weighted by atomic mass is 9.88. The van der Waals surface area contributed by atoms with Gasteiger partial charge in [-0.15, -0.1) is 0 Å². The fourth-order valence-corrected chi connectivity index (χ4v) is 4.00. The molecule has 0 spiro atoms. The first-order valence-corrected chi connectivity index (χ1v) is 9.13. The Morgan fingerprint density at radius 1 is 1.37 bits per heavy atom. The minimum Gasteiger partial charge on any atom is -0.329 e. The van der Waals surface area contributed by atoms with Crippen LogP contribution >= 0.6 is 11.8 Å². The molecule has 0 amide bonds. The fraction of sp³-hybridized carbons (Fsp3) is 1.00. The number of nitrogens with zero attached hydrogens (tertiary/aromatic N) is 2. The predicted octanol–water partition coefficient (Wildman–Crippen LogP) is 2.26. The molecule has 1 aliphatic heterocycles. The van der Waals surface area contributed by atoms with E-state index in [9.17, 15) is 0 Å². The lowest BCUT2D eigenvalue weighted by molar-refractivity contribution is 0.0784. The molecule has 19 heavy (non-hydrogen) atoms. The Labute approximate surface area is 124 Å². The summed E-state index contributed by atoms with van der Waals surface area (Å²) in [5.74, 6) is 1.19. The van der Waals surface area contributed by atoms with Gasteiger partial charge < -0.3 is 10.6 Å². The van der Waals surface area contributed by atoms with E-state index in [1.165, 1.54) is 51.1 Å². The maximum absolute atomic E-state index is 6.19. The summed E-state index contributed by atoms with van der Waals surface area (Å²) in [6, 6.07) is 0.608. The van der Waals surface area contributed by atoms with Crippen LogP contribution in [0.25, 0.3) is 0 Å². The van der Waals surface area contributed by atoms with Crippen LogP contribution in [-0.4, -0.2) is 66.6 Å². The first-order valence-electron chi connectivity index (χ1n) is 7.74. The predicted molar refractivity (Wildman–Crippen MR) is 88.0 cm³/mol. The Balaban J connectivity index is 2.68. The van der Waals surface area contributed by atoms with Crippen molar-refractivity contribution in [3.05, 3.63) is 0 Å². The fourth-order valence-electron chi connectivity index (χ4n) is 3.30. The van der Waals surface area contributed by atoms with Crippen molar-refractivity contribution in [2.75, 3.05) is 45.2 Å². The second-order valence-corrected chi connectivity index (χ2v) is 6.95. The second kappa shape index (κ2) is 8.50. The average Bonchev–Trinajstić information content (AvgIpc) is 2.62. The summed E-state index contributed by atoms with van der Waals surface area (Å²) in [7, 11) is 2.28. The molecule has 0 aromatic heterocycles. The van der Waals surface area contributed by atoms with Crippen molar-refractivity contribution >= 4 is 11.8 Å². The van der Waals surface area contributed by atoms with E-state index in [-0.39, 0.29) is 5.54 Å². The summed E-state index contributed by atoms with van der Waals surface area (Å²) in [4.78, 5) is 5.18. The molecule has 1 heterocycles. The van der Waals surface area contributed by atoms with Gasteiger partial charge in [-0.2, -0.15) is 11.8 Å². The second-order valence-electron chi connectivity index (χ2n) is 6.04. The molecule has 114 valence electrons. The van der Waals surface area contributed by atoms with Crippen LogP contribution in [-0.2, 0) is 0 Å². The lowest BCUT2D eigenvalue weighted by Gasteiger charge is -2.44. The normalized spacial score (nSPS) is 27.5. The Morgan fingerprint density at radius 2 is 2.11 bits per heavy atom. The monoisotopic (exact) mass is 287 g/mol. The molecule has 1 saturated heterocycles. The number of rotatable bonds is 7. The Hall–Kier alpha value is 0.230. The van der Waals surface area contributed by atoms with Crippen molar-refractivity contribution < 1.29 is 0 Å². The minimum atomic E-state index is 0.220. The summed E-state index contributed by atoms with van der Waals surface area (Å²) >= 11 is 1.93. The number of likely N-dealkylation sites (N-methyl/N-ethyl adjacent to an activating group) is 1. The van der Waals surface area contributed by atoms with E-state index in [4.69, 9.17) is 5.73 Å². The molecule has 1 rings (SSSR count). The molecule has 0 bridgehead atoms. The van der Waals surface area contributed by atoms with Crippen molar-refractivity contribution in [3.8, 4) is 0 Å². The third-order valence-electron chi connectivity index (χ3n) is 4.75. The summed E-state index contributed by atoms with van der Waals surface area (Å²) < 4.78 is 0. The molecule has 2 atom stereocenters. The number of likely N-dealkylation sites (tertiary alicyclic amines) is 1. The summed E-state index contributed by atoms with van der Waals surface area (Å²) in [6.07, 6.45) is 7.20. The van der Waals surface area contributed by atoms with Gasteiger partial charge in [-0.1, -0.05) is 6.92 Å². The van der Waals surface area contributed by atoms with Gasteiger partial charge in [0.2, 0.25) is 0 Å². The van der Waals surface area contributed by atoms with Crippen molar-refractivity contribution in [3.63, 3.8) is 0 Å². The lowest BCUT2D eigenvalue weighted by Crippen LogP contribution is -2.56. The zero-order valence-corrected chi connectivity index (χ0v) is 14.1. The van der Waals surface area contributed by atoms with E-state index in [1.54, 1.807) is 0 Å². The number of nitrogens with two attached hydrogens (primary N) is 1. The van der Waals surface area contributed by atoms with Gasteiger partial charge in [0, 0.05) is 23.9 Å². The van der Waals surface area contributed by atoms with Crippen molar-refractivity contribution in [1.82, 2.24) is 9.80 Å². The van der Waals surface area contributed by atoms with Crippen LogP contribution in [0.15, 0.2) is 0 Å². The highest BCUT2D eigenvalue weighted by molar-refractivity contribution is 7.98. The van der Waals surface area contributed by atoms with E-state index in [0.717, 1.165) is 6.54 Å². The van der Waals surface area contributed by atoms with Crippen LogP contribution in [0.1, 0.15) is 39.5 Å². The maximum atomic E-state index is 6.19. The number of hydrogen-bond acceptors (Lipinski definition) is 4. The third kappa shape index (κ3) is 4.62. The Kier molecular flexibility index (Phi) is 7.73. The van der Waals surface area contributed by atoms with Crippen molar-refractivity contribution in [2.45, 2.75) is 51.1 Å². The van der Waals surface area contributed by atoms with Crippen molar-refractivity contribution in [2.24, 2.45) is 5.73 Å². The molecule has 0 aliphatic carbocycles. The van der Waals surface area contributed by atoms with E-state index in [1.807, 2.05) is 11.8 Å². The first-order chi connectivity index (χ1) is 9.09. The molecule has 4 heteroatoms. The highest BCUT2D eigenvalue weighted by Gasteiger charge is 2.36. The minimum absolute atomic E-state index is 0.220. The molecule has 0 aromatic rings. The smallest absolute Gasteiger partial charge is 0.0344 e. The molecule has 0 saturated carbocycles. The quantitative estimate of drug-likeness (QED) is 0.778. The van der Waals surface area contributed by atoms with E-state index in [0.29, 0.717) is 6.04 Å². The van der Waals surface area contributed by atoms with Gasteiger partial charge in [0.05, 0.1) is 0 Å². The Bertz CT molecular complexity index is 250. The van der Waals surface area contributed by atoms with E-state index >= 15 is 0 Å². The molecule has 0 radical (unpaired) electrons. The van der Waals surface area contributed by atoms with Gasteiger partial charge >= 0.3 is 0 Å². The molecule has 3 nitrogen and oxygen atoms in total. The summed E-state index contributed by atoms with van der Waals surface area (Å²) in [6.45, 7) is 9.10. The van der Waals surface area contributed by atoms with Gasteiger partial charge in [-0.25, -0.2) is 0 Å². The topological polar surface area (TPSA) is 32.5 Å².